The number of H-pyrrole nitrogens is 1. The third-order valence-electron chi connectivity index (χ3n) is 1.54. The van der Waals surface area contributed by atoms with E-state index in [0.717, 1.165) is 0 Å². The Hall–Kier alpha value is -0.760. The number of nitrogens with one attached hydrogen (secondary N) is 1. The van der Waals surface area contributed by atoms with Crippen LogP contribution in [0.25, 0.3) is 10.1 Å². The molecule has 0 aromatic carbocycles. The average molecular weight is 138 g/mol. The number of thiophene rings is 1. The van der Waals surface area contributed by atoms with Gasteiger partial charge >= 0.3 is 0 Å². The first-order valence-electron chi connectivity index (χ1n) is 2.87. The fourth-order valence-corrected chi connectivity index (χ4v) is 2.27. The van der Waals surface area contributed by atoms with E-state index in [-0.39, 0.29) is 0 Å². The molecular weight excluding hydrogens is 130 g/mol. The standard InChI is InChI=1S/C7H8NS/c1-9-3-2-6-4-8-5-7(6)9/h2-5,8H,1H3/q+1. The summed E-state index contributed by atoms with van der Waals surface area (Å²) in [5.41, 5.74) is 0. The lowest BCUT2D eigenvalue weighted by Gasteiger charge is -1.67. The second-order valence-electron chi connectivity index (χ2n) is 2.14. The summed E-state index contributed by atoms with van der Waals surface area (Å²) in [6.07, 6.45) is 6.36. The molecule has 0 amide bonds. The van der Waals surface area contributed by atoms with Crippen LogP contribution in [0.5, 0.6) is 0 Å². The highest BCUT2D eigenvalue weighted by Gasteiger charge is 2.05. The Morgan fingerprint density at radius 2 is 2.33 bits per heavy atom. The van der Waals surface area contributed by atoms with Crippen molar-refractivity contribution in [3.05, 3.63) is 23.8 Å². The highest BCUT2D eigenvalue weighted by molar-refractivity contribution is 7.34. The van der Waals surface area contributed by atoms with Crippen LogP contribution in [0.4, 0.5) is 0 Å². The van der Waals surface area contributed by atoms with Crippen LogP contribution >= 0.6 is 10.5 Å². The summed E-state index contributed by atoms with van der Waals surface area (Å²) in [6, 6.07) is 2.18. The number of aromatic nitrogens is 1. The molecule has 1 N–H and O–H groups in total. The Kier molecular flexibility index (Phi) is 0.904. The SMILES string of the molecule is C[s+]1ccc2c[nH]cc21. The number of fused-ring (bicyclic) bond motifs is 1. The van der Waals surface area contributed by atoms with Crippen LogP contribution in [0.3, 0.4) is 0 Å². The van der Waals surface area contributed by atoms with Crippen LogP contribution in [0.1, 0.15) is 0 Å². The molecular formula is C7H8NS+. The highest BCUT2D eigenvalue weighted by atomic mass is 32.2. The van der Waals surface area contributed by atoms with Gasteiger partial charge in [0, 0.05) is 12.3 Å². The molecule has 0 aliphatic rings. The minimum Gasteiger partial charge on any atom is -0.362 e. The molecule has 1 nitrogen and oxygen atoms in total. The van der Waals surface area contributed by atoms with E-state index in [9.17, 15) is 0 Å². The Morgan fingerprint density at radius 3 is 3.11 bits per heavy atom. The third-order valence-corrected chi connectivity index (χ3v) is 3.13. The van der Waals surface area contributed by atoms with Crippen LogP contribution in [0.15, 0.2) is 23.8 Å². The molecule has 2 aromatic rings. The number of aromatic amines is 1. The molecule has 0 saturated carbocycles. The van der Waals surface area contributed by atoms with Crippen molar-refractivity contribution in [2.24, 2.45) is 6.26 Å². The summed E-state index contributed by atoms with van der Waals surface area (Å²) in [4.78, 5) is 3.09. The van der Waals surface area contributed by atoms with E-state index in [4.69, 9.17) is 0 Å². The van der Waals surface area contributed by atoms with Gasteiger partial charge in [0.1, 0.15) is 11.6 Å². The first-order valence-corrected chi connectivity index (χ1v) is 4.57. The molecule has 9 heavy (non-hydrogen) atoms. The molecule has 2 rings (SSSR count). The predicted octanol–water partition coefficient (Wildman–Crippen LogP) is 2.45. The molecule has 0 spiro atoms. The monoisotopic (exact) mass is 138 g/mol. The number of hydrogen-bond donors (Lipinski definition) is 1. The summed E-state index contributed by atoms with van der Waals surface area (Å²) >= 11 is 0. The molecule has 0 aliphatic heterocycles. The van der Waals surface area contributed by atoms with Crippen LogP contribution in [0.2, 0.25) is 0 Å². The lowest BCUT2D eigenvalue weighted by molar-refractivity contribution is 1.43. The van der Waals surface area contributed by atoms with Gasteiger partial charge in [-0.05, 0) is 10.5 Å². The van der Waals surface area contributed by atoms with Crippen LogP contribution in [0, 0.1) is 0 Å². The second-order valence-corrected chi connectivity index (χ2v) is 3.96. The van der Waals surface area contributed by atoms with Gasteiger partial charge in [-0.3, -0.25) is 0 Å². The van der Waals surface area contributed by atoms with Gasteiger partial charge in [0.05, 0.1) is 11.6 Å². The summed E-state index contributed by atoms with van der Waals surface area (Å²) in [5.74, 6) is 0. The van der Waals surface area contributed by atoms with Gasteiger partial charge in [-0.1, -0.05) is 0 Å². The second kappa shape index (κ2) is 1.61. The Morgan fingerprint density at radius 1 is 1.44 bits per heavy atom. The van der Waals surface area contributed by atoms with Gasteiger partial charge in [0.2, 0.25) is 0 Å². The summed E-state index contributed by atoms with van der Waals surface area (Å²) in [6.45, 7) is 0. The zero-order valence-corrected chi connectivity index (χ0v) is 6.03. The summed E-state index contributed by atoms with van der Waals surface area (Å²) in [7, 11) is 0.372. The highest BCUT2D eigenvalue weighted by Crippen LogP contribution is 2.27. The number of hydrogen-bond acceptors (Lipinski definition) is 0. The normalized spacial score (nSPS) is 12.8. The minimum atomic E-state index is 0.372. The van der Waals surface area contributed by atoms with E-state index < -0.39 is 0 Å². The van der Waals surface area contributed by atoms with E-state index in [1.165, 1.54) is 10.1 Å². The fourth-order valence-electron chi connectivity index (χ4n) is 1.02. The smallest absolute Gasteiger partial charge is 0.197 e. The van der Waals surface area contributed by atoms with Crippen molar-refractivity contribution in [2.45, 2.75) is 0 Å². The van der Waals surface area contributed by atoms with Crippen molar-refractivity contribution >= 4 is 20.6 Å². The van der Waals surface area contributed by atoms with Crippen molar-refractivity contribution < 1.29 is 0 Å². The number of aryl methyl sites for hydroxylation is 1. The lowest BCUT2D eigenvalue weighted by atomic mass is 10.4. The van der Waals surface area contributed by atoms with Gasteiger partial charge in [-0.15, -0.1) is 0 Å². The van der Waals surface area contributed by atoms with Gasteiger partial charge < -0.3 is 4.98 Å². The maximum absolute atomic E-state index is 3.09. The molecule has 0 bridgehead atoms. The third kappa shape index (κ3) is 0.598. The molecule has 2 heterocycles. The van der Waals surface area contributed by atoms with Gasteiger partial charge in [0.15, 0.2) is 4.70 Å². The van der Waals surface area contributed by atoms with Crippen LogP contribution in [-0.4, -0.2) is 4.98 Å². The molecule has 0 fully saturated rings. The largest absolute Gasteiger partial charge is 0.362 e. The Bertz CT molecular complexity index is 318. The van der Waals surface area contributed by atoms with E-state index in [1.807, 2.05) is 6.20 Å². The van der Waals surface area contributed by atoms with Crippen molar-refractivity contribution in [1.29, 1.82) is 0 Å². The van der Waals surface area contributed by atoms with E-state index in [2.05, 4.69) is 28.9 Å². The summed E-state index contributed by atoms with van der Waals surface area (Å²) in [5, 5.41) is 3.61. The molecule has 2 aromatic heterocycles. The molecule has 0 saturated heterocycles. The fraction of sp³-hybridized carbons (Fsp3) is 0.143. The quantitative estimate of drug-likeness (QED) is 0.538. The van der Waals surface area contributed by atoms with Crippen molar-refractivity contribution in [2.75, 3.05) is 0 Å². The minimum absolute atomic E-state index is 0.372. The topological polar surface area (TPSA) is 15.8 Å². The van der Waals surface area contributed by atoms with E-state index in [1.54, 1.807) is 0 Å². The molecule has 46 valence electrons. The van der Waals surface area contributed by atoms with Gasteiger partial charge in [0.25, 0.3) is 0 Å². The average Bonchev–Trinajstić information content (AvgIpc) is 2.35. The Labute approximate surface area is 56.3 Å². The van der Waals surface area contributed by atoms with Crippen molar-refractivity contribution in [3.63, 3.8) is 0 Å². The van der Waals surface area contributed by atoms with Crippen molar-refractivity contribution in [3.8, 4) is 0 Å². The van der Waals surface area contributed by atoms with Crippen LogP contribution in [-0.2, 0) is 6.26 Å². The summed E-state index contributed by atoms with van der Waals surface area (Å²) < 4.78 is 1.45. The molecule has 1 unspecified atom stereocenters. The molecule has 2 heteroatoms. The first-order chi connectivity index (χ1) is 4.38. The first kappa shape index (κ1) is 5.06. The van der Waals surface area contributed by atoms with E-state index >= 15 is 0 Å². The van der Waals surface area contributed by atoms with Gasteiger partial charge in [-0.2, -0.15) is 0 Å². The zero-order chi connectivity index (χ0) is 6.27. The molecule has 1 atom stereocenters. The van der Waals surface area contributed by atoms with Crippen molar-refractivity contribution in [1.82, 2.24) is 4.98 Å². The maximum Gasteiger partial charge on any atom is 0.197 e. The zero-order valence-electron chi connectivity index (χ0n) is 5.22. The maximum atomic E-state index is 3.09. The lowest BCUT2D eigenvalue weighted by Crippen LogP contribution is -1.47. The van der Waals surface area contributed by atoms with E-state index in [0.29, 0.717) is 10.5 Å². The molecule has 0 radical (unpaired) electrons. The number of rotatable bonds is 0. The molecule has 0 aliphatic carbocycles. The Balaban J connectivity index is 2.99. The predicted molar refractivity (Wildman–Crippen MR) is 41.8 cm³/mol. The van der Waals surface area contributed by atoms with Crippen LogP contribution < -0.4 is 0 Å². The van der Waals surface area contributed by atoms with Gasteiger partial charge in [-0.25, -0.2) is 0 Å².